The highest BCUT2D eigenvalue weighted by atomic mass is 16.6. The molecule has 0 bridgehead atoms. The highest BCUT2D eigenvalue weighted by Gasteiger charge is 2.15. The van der Waals surface area contributed by atoms with E-state index >= 15 is 0 Å². The van der Waals surface area contributed by atoms with Gasteiger partial charge in [0.05, 0.1) is 42.3 Å². The van der Waals surface area contributed by atoms with Gasteiger partial charge in [0.15, 0.2) is 0 Å². The zero-order valence-electron chi connectivity index (χ0n) is 22.8. The minimum Gasteiger partial charge on any atom is -0.410 e. The SMILES string of the molecule is C[N+](C)(C)c1cccc(OC(=O)NCCCCCCCCNC(=O)Oc2cccc([N+](C)(C)C)c2)c1. The lowest BCUT2D eigenvalue weighted by Crippen LogP contribution is -2.34. The number of rotatable bonds is 13. The lowest BCUT2D eigenvalue weighted by Gasteiger charge is -2.23. The molecule has 0 aliphatic rings. The third kappa shape index (κ3) is 11.1. The maximum absolute atomic E-state index is 12.0. The van der Waals surface area contributed by atoms with E-state index in [1.165, 1.54) is 0 Å². The Hall–Kier alpha value is -3.10. The summed E-state index contributed by atoms with van der Waals surface area (Å²) in [7, 11) is 12.4. The van der Waals surface area contributed by atoms with Gasteiger partial charge in [0.2, 0.25) is 0 Å². The molecule has 2 aromatic carbocycles. The Balaban J connectivity index is 1.49. The smallest absolute Gasteiger partial charge is 0.410 e. The van der Waals surface area contributed by atoms with Crippen molar-refractivity contribution in [3.63, 3.8) is 0 Å². The number of amides is 2. The highest BCUT2D eigenvalue weighted by molar-refractivity contribution is 5.71. The number of hydrogen-bond donors (Lipinski definition) is 2. The molecule has 8 heteroatoms. The first-order valence-corrected chi connectivity index (χ1v) is 12.7. The quantitative estimate of drug-likeness (QED) is 0.289. The van der Waals surface area contributed by atoms with Crippen LogP contribution in [0.5, 0.6) is 11.5 Å². The molecule has 0 unspecified atom stereocenters. The van der Waals surface area contributed by atoms with Crippen molar-refractivity contribution in [1.29, 1.82) is 0 Å². The molecule has 0 saturated heterocycles. The molecule has 0 radical (unpaired) electrons. The van der Waals surface area contributed by atoms with Gasteiger partial charge >= 0.3 is 12.2 Å². The first kappa shape index (κ1) is 29.1. The van der Waals surface area contributed by atoms with Crippen LogP contribution >= 0.6 is 0 Å². The fourth-order valence-electron chi connectivity index (χ4n) is 3.55. The molecular weight excluding hydrogens is 456 g/mol. The third-order valence-corrected chi connectivity index (χ3v) is 5.75. The Morgan fingerprint density at radius 2 is 0.972 bits per heavy atom. The molecule has 0 aliphatic heterocycles. The van der Waals surface area contributed by atoms with Gasteiger partial charge in [0, 0.05) is 25.2 Å². The molecule has 2 N–H and O–H groups in total. The summed E-state index contributed by atoms with van der Waals surface area (Å²) in [4.78, 5) is 24.1. The summed E-state index contributed by atoms with van der Waals surface area (Å²) in [5.41, 5.74) is 2.13. The summed E-state index contributed by atoms with van der Waals surface area (Å²) < 4.78 is 12.1. The van der Waals surface area contributed by atoms with Gasteiger partial charge in [0.1, 0.15) is 22.9 Å². The van der Waals surface area contributed by atoms with Crippen molar-refractivity contribution < 1.29 is 19.1 Å². The second-order valence-corrected chi connectivity index (χ2v) is 10.8. The predicted octanol–water partition coefficient (Wildman–Crippen LogP) is 5.30. The van der Waals surface area contributed by atoms with Crippen molar-refractivity contribution in [2.75, 3.05) is 55.4 Å². The molecule has 2 rings (SSSR count). The van der Waals surface area contributed by atoms with Gasteiger partial charge in [-0.2, -0.15) is 0 Å². The van der Waals surface area contributed by atoms with Gasteiger partial charge in [-0.1, -0.05) is 37.8 Å². The van der Waals surface area contributed by atoms with Crippen LogP contribution in [0, 0.1) is 0 Å². The van der Waals surface area contributed by atoms with Crippen molar-refractivity contribution in [1.82, 2.24) is 19.6 Å². The number of hydrogen-bond acceptors (Lipinski definition) is 4. The standard InChI is InChI=1S/C28H42N4O4/c1-31(2,3)23-15-13-17-25(21-23)35-27(33)29-19-11-9-7-8-10-12-20-30-28(34)36-26-18-14-16-24(22-26)32(4,5)6/h13-18,21-22H,7-12,19-20H2,1-6H3/p+2. The van der Waals surface area contributed by atoms with E-state index in [0.29, 0.717) is 33.6 Å². The molecule has 0 heterocycles. The van der Waals surface area contributed by atoms with Gasteiger partial charge in [-0.25, -0.2) is 9.59 Å². The van der Waals surface area contributed by atoms with Crippen molar-refractivity contribution in [2.45, 2.75) is 38.5 Å². The fourth-order valence-corrected chi connectivity index (χ4v) is 3.55. The molecule has 0 aromatic heterocycles. The van der Waals surface area contributed by atoms with Crippen LogP contribution in [-0.4, -0.2) is 67.6 Å². The molecule has 0 fully saturated rings. The number of unbranched alkanes of at least 4 members (excludes halogenated alkanes) is 5. The van der Waals surface area contributed by atoms with Gasteiger partial charge in [-0.3, -0.25) is 8.97 Å². The molecule has 8 nitrogen and oxygen atoms in total. The normalized spacial score (nSPS) is 11.6. The maximum atomic E-state index is 12.0. The lowest BCUT2D eigenvalue weighted by atomic mass is 10.1. The Morgan fingerprint density at radius 3 is 1.33 bits per heavy atom. The molecule has 0 atom stereocenters. The molecule has 0 saturated carbocycles. The van der Waals surface area contributed by atoms with Crippen LogP contribution in [-0.2, 0) is 0 Å². The second-order valence-electron chi connectivity index (χ2n) is 10.8. The Morgan fingerprint density at radius 1 is 0.611 bits per heavy atom. The van der Waals surface area contributed by atoms with E-state index < -0.39 is 12.2 Å². The van der Waals surface area contributed by atoms with Gasteiger partial charge in [-0.15, -0.1) is 0 Å². The van der Waals surface area contributed by atoms with Gasteiger partial charge in [0.25, 0.3) is 0 Å². The number of nitrogens with one attached hydrogen (secondary N) is 2. The largest absolute Gasteiger partial charge is 0.412 e. The first-order chi connectivity index (χ1) is 16.9. The summed E-state index contributed by atoms with van der Waals surface area (Å²) in [5.74, 6) is 1.10. The Kier molecular flexibility index (Phi) is 11.2. The summed E-state index contributed by atoms with van der Waals surface area (Å²) in [5, 5.41) is 5.63. The van der Waals surface area contributed by atoms with Crippen LogP contribution in [0.15, 0.2) is 48.5 Å². The molecule has 0 spiro atoms. The molecule has 198 valence electrons. The summed E-state index contributed by atoms with van der Waals surface area (Å²) >= 11 is 0. The number of benzene rings is 2. The fraction of sp³-hybridized carbons (Fsp3) is 0.500. The second kappa shape index (κ2) is 13.8. The van der Waals surface area contributed by atoms with Crippen LogP contribution in [0.2, 0.25) is 0 Å². The van der Waals surface area contributed by atoms with Crippen LogP contribution in [0.4, 0.5) is 21.0 Å². The molecule has 2 amide bonds. The van der Waals surface area contributed by atoms with E-state index in [-0.39, 0.29) is 0 Å². The topological polar surface area (TPSA) is 76.7 Å². The number of ether oxygens (including phenoxy) is 2. The minimum atomic E-state index is -0.421. The average Bonchev–Trinajstić information content (AvgIpc) is 2.79. The van der Waals surface area contributed by atoms with Crippen LogP contribution in [0.1, 0.15) is 38.5 Å². The number of quaternary nitrogens is 2. The number of carbonyl (C=O) groups is 2. The van der Waals surface area contributed by atoms with E-state index in [1.54, 1.807) is 12.1 Å². The zero-order chi connectivity index (χ0) is 26.6. The van der Waals surface area contributed by atoms with E-state index in [2.05, 4.69) is 52.9 Å². The van der Waals surface area contributed by atoms with Crippen molar-refractivity contribution in [3.8, 4) is 11.5 Å². The van der Waals surface area contributed by atoms with Crippen molar-refractivity contribution in [3.05, 3.63) is 48.5 Å². The molecular formula is C28H44N4O4+2. The molecule has 36 heavy (non-hydrogen) atoms. The van der Waals surface area contributed by atoms with E-state index in [1.807, 2.05) is 36.4 Å². The van der Waals surface area contributed by atoms with E-state index in [0.717, 1.165) is 49.9 Å². The van der Waals surface area contributed by atoms with Crippen LogP contribution in [0.3, 0.4) is 0 Å². The molecule has 0 aliphatic carbocycles. The average molecular weight is 501 g/mol. The minimum absolute atomic E-state index is 0.421. The Labute approximate surface area is 216 Å². The zero-order valence-corrected chi connectivity index (χ0v) is 22.8. The highest BCUT2D eigenvalue weighted by Crippen LogP contribution is 2.23. The van der Waals surface area contributed by atoms with Crippen LogP contribution < -0.4 is 29.1 Å². The van der Waals surface area contributed by atoms with Crippen molar-refractivity contribution in [2.24, 2.45) is 0 Å². The lowest BCUT2D eigenvalue weighted by molar-refractivity contribution is 0.199. The summed E-state index contributed by atoms with van der Waals surface area (Å²) in [6.45, 7) is 1.19. The number of nitrogens with zero attached hydrogens (tertiary/aromatic N) is 2. The van der Waals surface area contributed by atoms with Gasteiger partial charge < -0.3 is 20.1 Å². The first-order valence-electron chi connectivity index (χ1n) is 12.7. The third-order valence-electron chi connectivity index (χ3n) is 5.75. The molecule has 2 aromatic rings. The van der Waals surface area contributed by atoms with Crippen LogP contribution in [0.25, 0.3) is 0 Å². The van der Waals surface area contributed by atoms with E-state index in [9.17, 15) is 9.59 Å². The summed E-state index contributed by atoms with van der Waals surface area (Å²) in [6, 6.07) is 15.2. The maximum Gasteiger partial charge on any atom is 0.412 e. The summed E-state index contributed by atoms with van der Waals surface area (Å²) in [6.07, 6.45) is 5.22. The Bertz CT molecular complexity index is 901. The van der Waals surface area contributed by atoms with E-state index in [4.69, 9.17) is 9.47 Å². The van der Waals surface area contributed by atoms with Gasteiger partial charge in [-0.05, 0) is 37.1 Å². The number of carbonyl (C=O) groups excluding carboxylic acids is 2. The van der Waals surface area contributed by atoms with Crippen molar-refractivity contribution >= 4 is 23.6 Å². The predicted molar refractivity (Wildman–Crippen MR) is 148 cm³/mol. The monoisotopic (exact) mass is 500 g/mol.